The number of H-pyrrole nitrogens is 1. The van der Waals surface area contributed by atoms with E-state index in [1.54, 1.807) is 4.57 Å². The molecular weight excluding hydrogens is 292 g/mol. The quantitative estimate of drug-likeness (QED) is 0.621. The summed E-state index contributed by atoms with van der Waals surface area (Å²) in [4.78, 5) is 23.5. The molecule has 1 unspecified atom stereocenters. The largest absolute Gasteiger partial charge is 0.480 e. The Balaban J connectivity index is 2.19. The molecule has 0 aromatic carbocycles. The average Bonchev–Trinajstić information content (AvgIpc) is 3.18. The van der Waals surface area contributed by atoms with E-state index in [0.717, 1.165) is 12.8 Å². The highest BCUT2D eigenvalue weighted by molar-refractivity contribution is 7.99. The zero-order valence-electron chi connectivity index (χ0n) is 12.5. The maximum Gasteiger partial charge on any atom is 0.344 e. The third kappa shape index (κ3) is 3.16. The van der Waals surface area contributed by atoms with Crippen LogP contribution in [0.2, 0.25) is 0 Å². The highest BCUT2D eigenvalue weighted by Gasteiger charge is 2.50. The van der Waals surface area contributed by atoms with Crippen molar-refractivity contribution in [2.75, 3.05) is 12.3 Å². The van der Waals surface area contributed by atoms with Gasteiger partial charge in [-0.25, -0.2) is 9.89 Å². The van der Waals surface area contributed by atoms with Crippen molar-refractivity contribution in [3.8, 4) is 0 Å². The highest BCUT2D eigenvalue weighted by Crippen LogP contribution is 2.42. The van der Waals surface area contributed by atoms with Crippen molar-refractivity contribution >= 4 is 17.7 Å². The minimum Gasteiger partial charge on any atom is -0.480 e. The predicted octanol–water partition coefficient (Wildman–Crippen LogP) is 1.09. The van der Waals surface area contributed by atoms with Crippen LogP contribution in [0.5, 0.6) is 0 Å². The van der Waals surface area contributed by atoms with E-state index in [9.17, 15) is 14.7 Å². The molecule has 1 atom stereocenters. The first-order valence-corrected chi connectivity index (χ1v) is 8.19. The van der Waals surface area contributed by atoms with Gasteiger partial charge in [0.2, 0.25) is 0 Å². The van der Waals surface area contributed by atoms with Crippen LogP contribution in [-0.2, 0) is 4.79 Å². The Morgan fingerprint density at radius 2 is 2.29 bits per heavy atom. The van der Waals surface area contributed by atoms with Gasteiger partial charge in [-0.15, -0.1) is 5.10 Å². The van der Waals surface area contributed by atoms with Crippen LogP contribution in [0.4, 0.5) is 0 Å². The molecule has 2 rings (SSSR count). The molecule has 3 N–H and O–H groups in total. The van der Waals surface area contributed by atoms with Gasteiger partial charge in [0, 0.05) is 11.8 Å². The first-order valence-electron chi connectivity index (χ1n) is 7.20. The molecule has 118 valence electrons. The van der Waals surface area contributed by atoms with Gasteiger partial charge in [0.1, 0.15) is 5.54 Å². The molecule has 1 aliphatic rings. The minimum atomic E-state index is -0.934. The lowest BCUT2D eigenvalue weighted by molar-refractivity contribution is -0.144. The van der Waals surface area contributed by atoms with Gasteiger partial charge in [0.25, 0.3) is 0 Å². The summed E-state index contributed by atoms with van der Waals surface area (Å²) >= 11 is 1.32. The fourth-order valence-electron chi connectivity index (χ4n) is 2.54. The number of carbonyl (C=O) groups is 1. The van der Waals surface area contributed by atoms with Crippen LogP contribution in [0.15, 0.2) is 9.95 Å². The van der Waals surface area contributed by atoms with Crippen LogP contribution in [0.3, 0.4) is 0 Å². The Labute approximate surface area is 127 Å². The topological polar surface area (TPSA) is 100 Å². The monoisotopic (exact) mass is 314 g/mol. The van der Waals surface area contributed by atoms with Crippen molar-refractivity contribution in [3.63, 3.8) is 0 Å². The molecule has 8 heteroatoms. The lowest BCUT2D eigenvalue weighted by atomic mass is 9.96. The summed E-state index contributed by atoms with van der Waals surface area (Å²) in [6, 6.07) is -0.0157. The van der Waals surface area contributed by atoms with E-state index in [-0.39, 0.29) is 17.6 Å². The number of likely N-dealkylation sites (N-methyl/N-ethyl adjacent to an activating group) is 1. The molecule has 1 aromatic heterocycles. The van der Waals surface area contributed by atoms with Crippen LogP contribution in [0.1, 0.15) is 39.7 Å². The number of aromatic amines is 1. The molecule has 0 radical (unpaired) electrons. The molecule has 0 aliphatic heterocycles. The Hall–Kier alpha value is -1.28. The Morgan fingerprint density at radius 1 is 1.62 bits per heavy atom. The van der Waals surface area contributed by atoms with Crippen LogP contribution in [0, 0.1) is 5.92 Å². The summed E-state index contributed by atoms with van der Waals surface area (Å²) in [7, 11) is 0. The van der Waals surface area contributed by atoms with Crippen molar-refractivity contribution in [2.24, 2.45) is 5.92 Å². The molecule has 1 saturated carbocycles. The molecule has 0 amide bonds. The second kappa shape index (κ2) is 6.23. The second-order valence-corrected chi connectivity index (χ2v) is 6.59. The Bertz CT molecular complexity index is 564. The second-order valence-electron chi connectivity index (χ2n) is 5.64. The maximum absolute atomic E-state index is 11.8. The third-order valence-corrected chi connectivity index (χ3v) is 4.91. The number of carboxylic acids is 1. The molecule has 0 saturated heterocycles. The SMILES string of the molecule is CCNC(CSc1n[nH]c(=O)n1C(C)C)(C(=O)O)C1CC1. The third-order valence-electron chi connectivity index (χ3n) is 3.77. The molecule has 0 bridgehead atoms. The van der Waals surface area contributed by atoms with Crippen molar-refractivity contribution in [2.45, 2.75) is 50.4 Å². The van der Waals surface area contributed by atoms with E-state index in [4.69, 9.17) is 0 Å². The molecule has 1 aliphatic carbocycles. The number of aromatic nitrogens is 3. The van der Waals surface area contributed by atoms with Gasteiger partial charge in [-0.1, -0.05) is 18.7 Å². The molecule has 1 heterocycles. The maximum atomic E-state index is 11.8. The van der Waals surface area contributed by atoms with Gasteiger partial charge < -0.3 is 10.4 Å². The highest BCUT2D eigenvalue weighted by atomic mass is 32.2. The summed E-state index contributed by atoms with van der Waals surface area (Å²) in [6.07, 6.45) is 1.86. The van der Waals surface area contributed by atoms with Crippen molar-refractivity contribution < 1.29 is 9.90 Å². The van der Waals surface area contributed by atoms with Crippen molar-refractivity contribution in [1.29, 1.82) is 0 Å². The number of thioether (sulfide) groups is 1. The van der Waals surface area contributed by atoms with E-state index in [0.29, 0.717) is 17.5 Å². The van der Waals surface area contributed by atoms with E-state index in [1.807, 2.05) is 20.8 Å². The number of carboxylic acid groups (broad SMARTS) is 1. The Morgan fingerprint density at radius 3 is 2.76 bits per heavy atom. The fourth-order valence-corrected chi connectivity index (χ4v) is 3.90. The van der Waals surface area contributed by atoms with E-state index >= 15 is 0 Å². The number of hydrogen-bond donors (Lipinski definition) is 3. The van der Waals surface area contributed by atoms with Gasteiger partial charge >= 0.3 is 11.7 Å². The molecule has 1 aromatic rings. The number of hydrogen-bond acceptors (Lipinski definition) is 5. The molecule has 0 spiro atoms. The number of nitrogens with zero attached hydrogens (tertiary/aromatic N) is 2. The summed E-state index contributed by atoms with van der Waals surface area (Å²) < 4.78 is 1.55. The molecule has 1 fully saturated rings. The van der Waals surface area contributed by atoms with Gasteiger partial charge in [-0.05, 0) is 39.2 Å². The van der Waals surface area contributed by atoms with Crippen LogP contribution >= 0.6 is 11.8 Å². The van der Waals surface area contributed by atoms with Gasteiger partial charge in [-0.3, -0.25) is 9.36 Å². The van der Waals surface area contributed by atoms with E-state index < -0.39 is 11.5 Å². The van der Waals surface area contributed by atoms with Gasteiger partial charge in [-0.2, -0.15) is 0 Å². The summed E-state index contributed by atoms with van der Waals surface area (Å²) in [6.45, 7) is 6.30. The molecule has 21 heavy (non-hydrogen) atoms. The fraction of sp³-hybridized carbons (Fsp3) is 0.769. The zero-order valence-corrected chi connectivity index (χ0v) is 13.4. The van der Waals surface area contributed by atoms with Crippen molar-refractivity contribution in [1.82, 2.24) is 20.1 Å². The van der Waals surface area contributed by atoms with Crippen LogP contribution in [-0.4, -0.2) is 43.7 Å². The van der Waals surface area contributed by atoms with Crippen LogP contribution < -0.4 is 11.0 Å². The van der Waals surface area contributed by atoms with Gasteiger partial charge in [0.15, 0.2) is 5.16 Å². The summed E-state index contributed by atoms with van der Waals surface area (Å²) in [5.41, 5.74) is -1.20. The lowest BCUT2D eigenvalue weighted by Crippen LogP contribution is -2.56. The zero-order chi connectivity index (χ0) is 15.6. The lowest BCUT2D eigenvalue weighted by Gasteiger charge is -2.30. The summed E-state index contributed by atoms with van der Waals surface area (Å²) in [5.74, 6) is -0.313. The normalized spacial score (nSPS) is 17.9. The van der Waals surface area contributed by atoms with Crippen LogP contribution in [0.25, 0.3) is 0 Å². The minimum absolute atomic E-state index is 0.0157. The summed E-state index contributed by atoms with van der Waals surface area (Å²) in [5, 5.41) is 19.8. The van der Waals surface area contributed by atoms with Crippen molar-refractivity contribution in [3.05, 3.63) is 10.5 Å². The smallest absolute Gasteiger partial charge is 0.344 e. The predicted molar refractivity (Wildman–Crippen MR) is 80.7 cm³/mol. The number of rotatable bonds is 8. The molecule has 7 nitrogen and oxygen atoms in total. The van der Waals surface area contributed by atoms with Gasteiger partial charge in [0.05, 0.1) is 0 Å². The number of nitrogens with one attached hydrogen (secondary N) is 2. The average molecular weight is 314 g/mol. The first kappa shape index (κ1) is 16.1. The standard InChI is InChI=1S/C13H22N4O3S/c1-4-14-13(10(18)19,9-5-6-9)7-21-12-16-15-11(20)17(12)8(2)3/h8-9,14H,4-7H2,1-3H3,(H,15,20)(H,18,19). The Kier molecular flexibility index (Phi) is 4.77. The van der Waals surface area contributed by atoms with E-state index in [1.165, 1.54) is 11.8 Å². The molecular formula is C13H22N4O3S. The first-order chi connectivity index (χ1) is 9.92. The van der Waals surface area contributed by atoms with E-state index in [2.05, 4.69) is 15.5 Å². The number of aliphatic carboxylic acids is 1.